The maximum atomic E-state index is 12.9. The van der Waals surface area contributed by atoms with Gasteiger partial charge in [0, 0.05) is 18.8 Å². The van der Waals surface area contributed by atoms with Gasteiger partial charge in [0.2, 0.25) is 10.0 Å². The highest BCUT2D eigenvalue weighted by Gasteiger charge is 2.21. The highest BCUT2D eigenvalue weighted by Crippen LogP contribution is 2.31. The van der Waals surface area contributed by atoms with E-state index in [2.05, 4.69) is 4.90 Å². The standard InChI is InChI=1S/C15H15FN2O2S/c16-13-3-1-11(2-4-13)10-18-8-7-12-9-14(21(17,19)20)5-6-15(12)18/h1-6,9H,7-8,10H2,(H2,17,19,20). The molecule has 21 heavy (non-hydrogen) atoms. The molecule has 0 radical (unpaired) electrons. The fourth-order valence-corrected chi connectivity index (χ4v) is 3.16. The highest BCUT2D eigenvalue weighted by molar-refractivity contribution is 7.89. The van der Waals surface area contributed by atoms with Crippen molar-refractivity contribution in [3.8, 4) is 0 Å². The quantitative estimate of drug-likeness (QED) is 0.944. The number of fused-ring (bicyclic) bond motifs is 1. The third-order valence-corrected chi connectivity index (χ3v) is 4.57. The molecule has 0 aliphatic carbocycles. The molecule has 0 amide bonds. The Labute approximate surface area is 123 Å². The number of halogens is 1. The zero-order chi connectivity index (χ0) is 15.0. The van der Waals surface area contributed by atoms with Crippen molar-refractivity contribution in [3.63, 3.8) is 0 Å². The van der Waals surface area contributed by atoms with Crippen LogP contribution in [0.2, 0.25) is 0 Å². The number of rotatable bonds is 3. The summed E-state index contributed by atoms with van der Waals surface area (Å²) >= 11 is 0. The second kappa shape index (κ2) is 5.13. The predicted molar refractivity (Wildman–Crippen MR) is 79.0 cm³/mol. The van der Waals surface area contributed by atoms with Crippen molar-refractivity contribution in [2.75, 3.05) is 11.4 Å². The van der Waals surface area contributed by atoms with Crippen LogP contribution in [0.15, 0.2) is 47.4 Å². The molecule has 0 aromatic heterocycles. The van der Waals surface area contributed by atoms with E-state index >= 15 is 0 Å². The number of nitrogens with zero attached hydrogens (tertiary/aromatic N) is 1. The molecule has 110 valence electrons. The summed E-state index contributed by atoms with van der Waals surface area (Å²) in [4.78, 5) is 2.29. The number of hydrogen-bond acceptors (Lipinski definition) is 3. The van der Waals surface area contributed by atoms with E-state index in [9.17, 15) is 12.8 Å². The molecule has 4 nitrogen and oxygen atoms in total. The van der Waals surface area contributed by atoms with Gasteiger partial charge in [-0.2, -0.15) is 0 Å². The number of primary sulfonamides is 1. The molecule has 0 unspecified atom stereocenters. The van der Waals surface area contributed by atoms with Gasteiger partial charge in [0.15, 0.2) is 0 Å². The molecular formula is C15H15FN2O2S. The first-order chi connectivity index (χ1) is 9.93. The maximum absolute atomic E-state index is 12.9. The second-order valence-electron chi connectivity index (χ2n) is 5.13. The van der Waals surface area contributed by atoms with Crippen LogP contribution >= 0.6 is 0 Å². The van der Waals surface area contributed by atoms with E-state index < -0.39 is 10.0 Å². The third kappa shape index (κ3) is 2.91. The summed E-state index contributed by atoms with van der Waals surface area (Å²) in [5.41, 5.74) is 3.00. The van der Waals surface area contributed by atoms with Crippen LogP contribution in [-0.4, -0.2) is 15.0 Å². The smallest absolute Gasteiger partial charge is 0.238 e. The molecule has 6 heteroatoms. The fourth-order valence-electron chi connectivity index (χ4n) is 2.60. The zero-order valence-corrected chi connectivity index (χ0v) is 12.1. The minimum atomic E-state index is -3.67. The second-order valence-corrected chi connectivity index (χ2v) is 6.69. The van der Waals surface area contributed by atoms with Gasteiger partial charge in [-0.25, -0.2) is 17.9 Å². The normalized spacial score (nSPS) is 14.3. The Balaban J connectivity index is 1.85. The lowest BCUT2D eigenvalue weighted by Gasteiger charge is -2.19. The van der Waals surface area contributed by atoms with Crippen LogP contribution in [0.25, 0.3) is 0 Å². The Morgan fingerprint density at radius 2 is 1.86 bits per heavy atom. The van der Waals surface area contributed by atoms with Gasteiger partial charge in [-0.05, 0) is 47.9 Å². The minimum Gasteiger partial charge on any atom is -0.367 e. The molecule has 3 rings (SSSR count). The largest absolute Gasteiger partial charge is 0.367 e. The van der Waals surface area contributed by atoms with Crippen molar-refractivity contribution in [2.45, 2.75) is 17.9 Å². The highest BCUT2D eigenvalue weighted by atomic mass is 32.2. The molecular weight excluding hydrogens is 291 g/mol. The number of anilines is 1. The molecule has 2 aromatic carbocycles. The van der Waals surface area contributed by atoms with E-state index in [-0.39, 0.29) is 10.7 Å². The summed E-state index contributed by atoms with van der Waals surface area (Å²) in [6.07, 6.45) is 0.778. The van der Waals surface area contributed by atoms with Crippen LogP contribution in [0, 0.1) is 5.82 Å². The molecule has 0 saturated heterocycles. The molecule has 2 aromatic rings. The summed E-state index contributed by atoms with van der Waals surface area (Å²) in [5.74, 6) is -0.252. The lowest BCUT2D eigenvalue weighted by atomic mass is 10.1. The Hall–Kier alpha value is -1.92. The summed E-state index contributed by atoms with van der Waals surface area (Å²) in [6, 6.07) is 11.3. The first kappa shape index (κ1) is 14.0. The Bertz CT molecular complexity index is 773. The van der Waals surface area contributed by atoms with Crippen LogP contribution in [0.3, 0.4) is 0 Å². The van der Waals surface area contributed by atoms with Gasteiger partial charge in [0.05, 0.1) is 4.90 Å². The van der Waals surface area contributed by atoms with Gasteiger partial charge < -0.3 is 4.90 Å². The van der Waals surface area contributed by atoms with Crippen molar-refractivity contribution in [2.24, 2.45) is 5.14 Å². The molecule has 0 bridgehead atoms. The van der Waals surface area contributed by atoms with Gasteiger partial charge in [-0.1, -0.05) is 12.1 Å². The molecule has 0 atom stereocenters. The molecule has 1 heterocycles. The van der Waals surface area contributed by atoms with Gasteiger partial charge >= 0.3 is 0 Å². The van der Waals surface area contributed by atoms with Crippen LogP contribution in [0.4, 0.5) is 10.1 Å². The first-order valence-electron chi connectivity index (χ1n) is 6.58. The average Bonchev–Trinajstić information content (AvgIpc) is 2.83. The van der Waals surface area contributed by atoms with Gasteiger partial charge in [-0.3, -0.25) is 0 Å². The van der Waals surface area contributed by atoms with Gasteiger partial charge in [-0.15, -0.1) is 0 Å². The van der Waals surface area contributed by atoms with Crippen LogP contribution in [-0.2, 0) is 23.0 Å². The fraction of sp³-hybridized carbons (Fsp3) is 0.200. The third-order valence-electron chi connectivity index (χ3n) is 3.66. The lowest BCUT2D eigenvalue weighted by Crippen LogP contribution is -2.19. The summed E-state index contributed by atoms with van der Waals surface area (Å²) in [7, 11) is -3.67. The van der Waals surface area contributed by atoms with E-state index in [1.54, 1.807) is 24.3 Å². The Morgan fingerprint density at radius 3 is 2.52 bits per heavy atom. The zero-order valence-electron chi connectivity index (χ0n) is 11.3. The number of nitrogens with two attached hydrogens (primary N) is 1. The SMILES string of the molecule is NS(=O)(=O)c1ccc2c(c1)CCN2Cc1ccc(F)cc1. The number of sulfonamides is 1. The van der Waals surface area contributed by atoms with Crippen molar-refractivity contribution in [1.29, 1.82) is 0 Å². The van der Waals surface area contributed by atoms with E-state index in [4.69, 9.17) is 5.14 Å². The van der Waals surface area contributed by atoms with Crippen molar-refractivity contribution in [1.82, 2.24) is 0 Å². The topological polar surface area (TPSA) is 63.4 Å². The van der Waals surface area contributed by atoms with Crippen LogP contribution in [0.5, 0.6) is 0 Å². The van der Waals surface area contributed by atoms with Crippen LogP contribution in [0.1, 0.15) is 11.1 Å². The van der Waals surface area contributed by atoms with E-state index in [0.717, 1.165) is 29.8 Å². The van der Waals surface area contributed by atoms with Crippen molar-refractivity contribution >= 4 is 15.7 Å². The Morgan fingerprint density at radius 1 is 1.14 bits per heavy atom. The first-order valence-corrected chi connectivity index (χ1v) is 8.13. The van der Waals surface area contributed by atoms with Crippen molar-refractivity contribution < 1.29 is 12.8 Å². The average molecular weight is 306 g/mol. The summed E-state index contributed by atoms with van der Waals surface area (Å²) < 4.78 is 35.6. The number of hydrogen-bond donors (Lipinski definition) is 1. The Kier molecular flexibility index (Phi) is 3.43. The molecule has 0 saturated carbocycles. The van der Waals surface area contributed by atoms with E-state index in [1.165, 1.54) is 18.2 Å². The van der Waals surface area contributed by atoms with Gasteiger partial charge in [0.25, 0.3) is 0 Å². The van der Waals surface area contributed by atoms with E-state index in [1.807, 2.05) is 0 Å². The lowest BCUT2D eigenvalue weighted by molar-refractivity contribution is 0.597. The molecule has 0 spiro atoms. The number of benzene rings is 2. The minimum absolute atomic E-state index is 0.143. The maximum Gasteiger partial charge on any atom is 0.238 e. The molecule has 0 fully saturated rings. The van der Waals surface area contributed by atoms with Crippen molar-refractivity contribution in [3.05, 3.63) is 59.4 Å². The summed E-state index contributed by atoms with van der Waals surface area (Å²) in [6.45, 7) is 1.47. The van der Waals surface area contributed by atoms with Gasteiger partial charge in [0.1, 0.15) is 5.82 Å². The predicted octanol–water partition coefficient (Wildman–Crippen LogP) is 2.04. The molecule has 1 aliphatic rings. The molecule has 1 aliphatic heterocycles. The molecule has 2 N–H and O–H groups in total. The monoisotopic (exact) mass is 306 g/mol. The van der Waals surface area contributed by atoms with Crippen LogP contribution < -0.4 is 10.0 Å². The van der Waals surface area contributed by atoms with E-state index in [0.29, 0.717) is 6.54 Å². The summed E-state index contributed by atoms with van der Waals surface area (Å²) in [5, 5.41) is 5.15.